The number of likely N-dealkylation sites (N-methyl/N-ethyl adjacent to an activating group) is 1. The number of hydrogen-bond donors (Lipinski definition) is 2. The highest BCUT2D eigenvalue weighted by atomic mass is 16.6. The molecule has 0 saturated carbocycles. The fraction of sp³-hybridized carbons (Fsp3) is 0.556. The van der Waals surface area contributed by atoms with Gasteiger partial charge in [0.25, 0.3) is 0 Å². The zero-order chi connectivity index (χ0) is 19.5. The van der Waals surface area contributed by atoms with Crippen LogP contribution in [0.5, 0.6) is 5.75 Å². The number of methoxy groups -OCH3 is 1. The third kappa shape index (κ3) is 4.57. The first kappa shape index (κ1) is 19.8. The lowest BCUT2D eigenvalue weighted by atomic mass is 9.97. The average Bonchev–Trinajstić information content (AvgIpc) is 2.55. The molecular formula is C18H28N4O4. The van der Waals surface area contributed by atoms with Crippen LogP contribution in [-0.2, 0) is 4.74 Å². The van der Waals surface area contributed by atoms with Crippen molar-refractivity contribution in [2.75, 3.05) is 27.2 Å². The number of amidine groups is 1. The van der Waals surface area contributed by atoms with E-state index in [9.17, 15) is 4.79 Å². The number of carbonyl (C=O) groups is 1. The number of likely N-dealkylation sites (tertiary alicyclic amines) is 1. The second kappa shape index (κ2) is 7.82. The Morgan fingerprint density at radius 3 is 2.38 bits per heavy atom. The molecule has 1 aliphatic heterocycles. The Hall–Kier alpha value is -2.48. The number of nitrogens with zero attached hydrogens (tertiary/aromatic N) is 3. The van der Waals surface area contributed by atoms with Crippen molar-refractivity contribution in [2.45, 2.75) is 38.5 Å². The van der Waals surface area contributed by atoms with Gasteiger partial charge in [0.2, 0.25) is 0 Å². The molecule has 2 rings (SSSR count). The van der Waals surface area contributed by atoms with Gasteiger partial charge in [-0.1, -0.05) is 17.3 Å². The largest absolute Gasteiger partial charge is 0.497 e. The smallest absolute Gasteiger partial charge is 0.410 e. The van der Waals surface area contributed by atoms with Gasteiger partial charge in [-0.2, -0.15) is 0 Å². The van der Waals surface area contributed by atoms with Gasteiger partial charge in [0.15, 0.2) is 5.84 Å². The number of oxime groups is 1. The van der Waals surface area contributed by atoms with Gasteiger partial charge in [-0.25, -0.2) is 4.79 Å². The highest BCUT2D eigenvalue weighted by Gasteiger charge is 2.39. The van der Waals surface area contributed by atoms with Crippen molar-refractivity contribution >= 4 is 11.9 Å². The molecule has 26 heavy (non-hydrogen) atoms. The van der Waals surface area contributed by atoms with Crippen LogP contribution in [0.15, 0.2) is 29.4 Å². The van der Waals surface area contributed by atoms with Crippen LogP contribution in [-0.4, -0.2) is 65.8 Å². The van der Waals surface area contributed by atoms with E-state index in [0.29, 0.717) is 13.1 Å². The monoisotopic (exact) mass is 364 g/mol. The van der Waals surface area contributed by atoms with Crippen LogP contribution in [0.1, 0.15) is 32.4 Å². The summed E-state index contributed by atoms with van der Waals surface area (Å²) >= 11 is 0. The highest BCUT2D eigenvalue weighted by Crippen LogP contribution is 2.29. The van der Waals surface area contributed by atoms with Crippen LogP contribution < -0.4 is 10.5 Å². The van der Waals surface area contributed by atoms with Crippen molar-refractivity contribution in [3.63, 3.8) is 0 Å². The summed E-state index contributed by atoms with van der Waals surface area (Å²) in [4.78, 5) is 15.8. The van der Waals surface area contributed by atoms with Crippen LogP contribution in [0.2, 0.25) is 0 Å². The molecular weight excluding hydrogens is 336 g/mol. The van der Waals surface area contributed by atoms with Crippen molar-refractivity contribution in [1.82, 2.24) is 9.80 Å². The zero-order valence-electron chi connectivity index (χ0n) is 16.0. The van der Waals surface area contributed by atoms with E-state index in [1.807, 2.05) is 49.9 Å². The molecule has 1 aromatic carbocycles. The number of amides is 1. The number of nitrogens with two attached hydrogens (primary N) is 1. The highest BCUT2D eigenvalue weighted by molar-refractivity contribution is 5.86. The average molecular weight is 364 g/mol. The molecule has 8 heteroatoms. The summed E-state index contributed by atoms with van der Waals surface area (Å²) in [6.07, 6.45) is -0.355. The van der Waals surface area contributed by atoms with Gasteiger partial charge >= 0.3 is 6.09 Å². The van der Waals surface area contributed by atoms with Gasteiger partial charge in [-0.3, -0.25) is 4.90 Å². The molecule has 1 aromatic rings. The molecule has 1 heterocycles. The van der Waals surface area contributed by atoms with Crippen LogP contribution in [0.3, 0.4) is 0 Å². The van der Waals surface area contributed by atoms with E-state index in [1.54, 1.807) is 19.1 Å². The van der Waals surface area contributed by atoms with Gasteiger partial charge < -0.3 is 25.3 Å². The van der Waals surface area contributed by atoms with Crippen molar-refractivity contribution < 1.29 is 19.5 Å². The minimum absolute atomic E-state index is 0.0112. The van der Waals surface area contributed by atoms with E-state index in [1.165, 1.54) is 0 Å². The Bertz CT molecular complexity index is 648. The first-order chi connectivity index (χ1) is 12.2. The summed E-state index contributed by atoms with van der Waals surface area (Å²) in [5, 5.41) is 12.3. The zero-order valence-corrected chi connectivity index (χ0v) is 16.0. The molecule has 0 radical (unpaired) electrons. The summed E-state index contributed by atoms with van der Waals surface area (Å²) in [5.41, 5.74) is 6.27. The van der Waals surface area contributed by atoms with E-state index >= 15 is 0 Å². The summed E-state index contributed by atoms with van der Waals surface area (Å²) in [5.74, 6) is 0.840. The van der Waals surface area contributed by atoms with Gasteiger partial charge in [0.05, 0.1) is 19.2 Å². The minimum atomic E-state index is -0.533. The Morgan fingerprint density at radius 1 is 1.35 bits per heavy atom. The predicted molar refractivity (Wildman–Crippen MR) is 98.5 cm³/mol. The lowest BCUT2D eigenvalue weighted by Gasteiger charge is -2.47. The molecule has 1 fully saturated rings. The fourth-order valence-corrected chi connectivity index (χ4v) is 2.84. The molecule has 1 amide bonds. The van der Waals surface area contributed by atoms with E-state index < -0.39 is 5.60 Å². The number of hydrogen-bond acceptors (Lipinski definition) is 6. The second-order valence-electron chi connectivity index (χ2n) is 7.40. The fourth-order valence-electron chi connectivity index (χ4n) is 2.84. The second-order valence-corrected chi connectivity index (χ2v) is 7.40. The predicted octanol–water partition coefficient (Wildman–Crippen LogP) is 2.03. The van der Waals surface area contributed by atoms with Gasteiger partial charge in [-0.15, -0.1) is 0 Å². The summed E-state index contributed by atoms with van der Waals surface area (Å²) < 4.78 is 10.6. The summed E-state index contributed by atoms with van der Waals surface area (Å²) in [6, 6.07) is 7.07. The SMILES string of the molecule is COc1ccc([C@H](C(N)=NO)N2CC(N(C)C(=O)OC(C)(C)C)C2)cc1. The maximum Gasteiger partial charge on any atom is 0.410 e. The quantitative estimate of drug-likeness (QED) is 0.359. The van der Waals surface area contributed by atoms with Crippen molar-refractivity contribution in [2.24, 2.45) is 10.9 Å². The van der Waals surface area contributed by atoms with Crippen molar-refractivity contribution in [3.8, 4) is 5.75 Å². The molecule has 0 aliphatic carbocycles. The maximum absolute atomic E-state index is 12.2. The van der Waals surface area contributed by atoms with Crippen LogP contribution in [0, 0.1) is 0 Å². The Labute approximate surface area is 154 Å². The Morgan fingerprint density at radius 2 is 1.92 bits per heavy atom. The molecule has 0 aromatic heterocycles. The third-order valence-corrected chi connectivity index (χ3v) is 4.31. The topological polar surface area (TPSA) is 101 Å². The third-order valence-electron chi connectivity index (χ3n) is 4.31. The molecule has 8 nitrogen and oxygen atoms in total. The van der Waals surface area contributed by atoms with E-state index in [0.717, 1.165) is 11.3 Å². The molecule has 3 N–H and O–H groups in total. The number of benzene rings is 1. The standard InChI is InChI=1S/C18H28N4O4/c1-18(2,3)26-17(23)21(4)13-10-22(11-13)15(16(19)20-24)12-6-8-14(25-5)9-7-12/h6-9,13,15,24H,10-11H2,1-5H3,(H2,19,20)/t15-/m1/s1. The summed E-state index contributed by atoms with van der Waals surface area (Å²) in [6.45, 7) is 6.71. The molecule has 0 spiro atoms. The van der Waals surface area contributed by atoms with Crippen molar-refractivity contribution in [3.05, 3.63) is 29.8 Å². The lowest BCUT2D eigenvalue weighted by Crippen LogP contribution is -2.62. The van der Waals surface area contributed by atoms with Crippen LogP contribution >= 0.6 is 0 Å². The van der Waals surface area contributed by atoms with Crippen LogP contribution in [0.4, 0.5) is 4.79 Å². The van der Waals surface area contributed by atoms with Crippen LogP contribution in [0.25, 0.3) is 0 Å². The summed E-state index contributed by atoms with van der Waals surface area (Å²) in [7, 11) is 3.32. The lowest BCUT2D eigenvalue weighted by molar-refractivity contribution is -0.00894. The molecule has 144 valence electrons. The number of ether oxygens (including phenoxy) is 2. The Kier molecular flexibility index (Phi) is 5.97. The van der Waals surface area contributed by atoms with E-state index in [4.69, 9.17) is 20.4 Å². The molecule has 1 atom stereocenters. The van der Waals surface area contributed by atoms with Gasteiger partial charge in [-0.05, 0) is 38.5 Å². The first-order valence-electron chi connectivity index (χ1n) is 8.47. The molecule has 0 bridgehead atoms. The van der Waals surface area contributed by atoms with Crippen molar-refractivity contribution in [1.29, 1.82) is 0 Å². The molecule has 1 aliphatic rings. The maximum atomic E-state index is 12.2. The van der Waals surface area contributed by atoms with Gasteiger partial charge in [0, 0.05) is 20.1 Å². The number of carbonyl (C=O) groups excluding carboxylic acids is 1. The van der Waals surface area contributed by atoms with E-state index in [-0.39, 0.29) is 24.0 Å². The van der Waals surface area contributed by atoms with Gasteiger partial charge in [0.1, 0.15) is 11.4 Å². The number of rotatable bonds is 5. The molecule has 1 saturated heterocycles. The minimum Gasteiger partial charge on any atom is -0.497 e. The first-order valence-corrected chi connectivity index (χ1v) is 8.47. The molecule has 0 unspecified atom stereocenters. The van der Waals surface area contributed by atoms with E-state index in [2.05, 4.69) is 5.16 Å². The normalized spacial score (nSPS) is 17.3. The Balaban J connectivity index is 2.05.